The van der Waals surface area contributed by atoms with E-state index in [4.69, 9.17) is 39.9 Å². The number of carbonyl (C=O) groups is 9. The lowest BCUT2D eigenvalue weighted by atomic mass is 9.92. The van der Waals surface area contributed by atoms with Gasteiger partial charge in [0, 0.05) is 94.1 Å². The lowest BCUT2D eigenvalue weighted by Gasteiger charge is -2.29. The lowest BCUT2D eigenvalue weighted by molar-refractivity contribution is -0.137. The van der Waals surface area contributed by atoms with Crippen LogP contribution in [-0.2, 0) is 85.2 Å². The molecule has 4 heterocycles. The minimum atomic E-state index is -0.973. The highest BCUT2D eigenvalue weighted by Gasteiger charge is 2.51. The summed E-state index contributed by atoms with van der Waals surface area (Å²) in [5.74, 6) is -2.47. The molecule has 1 aromatic carbocycles. The second-order valence-corrected chi connectivity index (χ2v) is 23.1. The Labute approximate surface area is 537 Å². The number of imide groups is 1. The van der Waals surface area contributed by atoms with Gasteiger partial charge < -0.3 is 81.4 Å². The van der Waals surface area contributed by atoms with Crippen LogP contribution in [0.2, 0.25) is 0 Å². The summed E-state index contributed by atoms with van der Waals surface area (Å²) in [4.78, 5) is 128. The number of aliphatic hydroxyl groups is 1. The van der Waals surface area contributed by atoms with Crippen LogP contribution >= 0.6 is 0 Å². The smallest absolute Gasteiger partial charge is 0.312 e. The molecule has 2 aromatic rings. The number of rotatable bonds is 44. The molecular weight excluding hydrogens is 1190 g/mol. The number of nitrogens with one attached hydrogen (secondary N) is 5. The van der Waals surface area contributed by atoms with E-state index in [0.717, 1.165) is 33.7 Å². The van der Waals surface area contributed by atoms with Gasteiger partial charge >= 0.3 is 6.03 Å². The number of aromatic nitrogens is 1. The van der Waals surface area contributed by atoms with Gasteiger partial charge in [0.05, 0.1) is 115 Å². The lowest BCUT2D eigenvalue weighted by Crippen LogP contribution is -2.55. The average Bonchev–Trinajstić information content (AvgIpc) is 1.59. The summed E-state index contributed by atoms with van der Waals surface area (Å²) in [6.07, 6.45) is 11.2. The number of fused-ring (bicyclic) bond motifs is 2. The van der Waals surface area contributed by atoms with Crippen LogP contribution in [0.1, 0.15) is 114 Å². The summed E-state index contributed by atoms with van der Waals surface area (Å²) >= 11 is 0. The second-order valence-electron chi connectivity index (χ2n) is 23.1. The maximum Gasteiger partial charge on any atom is 0.312 e. The van der Waals surface area contributed by atoms with E-state index in [-0.39, 0.29) is 125 Å². The monoisotopic (exact) mass is 1290 g/mol. The van der Waals surface area contributed by atoms with Crippen LogP contribution < -0.4 is 38.1 Å². The number of benzene rings is 1. The Kier molecular flexibility index (Phi) is 31.1. The van der Waals surface area contributed by atoms with Crippen LogP contribution in [0.25, 0.3) is 6.08 Å². The second kappa shape index (κ2) is 39.0. The molecule has 1 aliphatic carbocycles. The molecule has 92 heavy (non-hydrogen) atoms. The Hall–Kier alpha value is -7.73. The Morgan fingerprint density at radius 1 is 0.761 bits per heavy atom. The van der Waals surface area contributed by atoms with E-state index in [1.165, 1.54) is 12.2 Å². The fraction of sp³-hybridized carbons (Fsp3) is 0.609. The van der Waals surface area contributed by atoms with Crippen LogP contribution in [0.3, 0.4) is 0 Å². The zero-order valence-corrected chi connectivity index (χ0v) is 53.4. The van der Waals surface area contributed by atoms with E-state index in [9.17, 15) is 48.3 Å². The third kappa shape index (κ3) is 24.1. The summed E-state index contributed by atoms with van der Waals surface area (Å²) in [7, 11) is 0. The van der Waals surface area contributed by atoms with Crippen molar-refractivity contribution in [1.29, 1.82) is 0 Å². The van der Waals surface area contributed by atoms with E-state index in [1.807, 2.05) is 31.2 Å². The molecule has 1 fully saturated rings. The molecule has 0 spiro atoms. The molecule has 506 valence electrons. The summed E-state index contributed by atoms with van der Waals surface area (Å²) in [6, 6.07) is 4.93. The number of anilines is 1. The van der Waals surface area contributed by atoms with Gasteiger partial charge in [-0.05, 0) is 80.2 Å². The summed E-state index contributed by atoms with van der Waals surface area (Å²) in [5.41, 5.74) is 15.6. The van der Waals surface area contributed by atoms with Crippen LogP contribution in [0.5, 0.6) is 0 Å². The first kappa shape index (κ1) is 73.3. The van der Waals surface area contributed by atoms with E-state index in [1.54, 1.807) is 35.9 Å². The molecule has 28 heteroatoms. The van der Waals surface area contributed by atoms with Crippen LogP contribution in [0, 0.1) is 5.92 Å². The third-order valence-electron chi connectivity index (χ3n) is 15.7. The number of amides is 10. The van der Waals surface area contributed by atoms with E-state index >= 15 is 0 Å². The van der Waals surface area contributed by atoms with Crippen LogP contribution in [0.4, 0.5) is 16.2 Å². The van der Waals surface area contributed by atoms with E-state index < -0.39 is 35.3 Å². The standard InChI is InChI=1S/C64H94N12O16/c1-4-21-74(24-25-77)61(84)46-38-45-11-12-48(41-52(45)71-53(65)40-46)64(17-18-64)62(85)70-49-39-47-43-75(23-15-50(47)69-42-49)55(79)16-26-87-28-30-89-32-34-91-36-37-92-35-33-90-31-29-88-27-20-67-59(82)51(9-8-19-68-63(66)86)72-60(83)58(44(2)3)73-54(78)10-6-5-7-22-76-56(80)13-14-57(76)81/h11-14,38-39,41-42,44,51,58,77H,4-10,15-37,40,43H2,1-3H3,(H2,65,71)(H,67,82)(H,70,85)(H,72,83)(H,73,78)(H3,66,68,86)/t51-,58-/m0/s1. The van der Waals surface area contributed by atoms with Crippen molar-refractivity contribution >= 4 is 76.6 Å². The van der Waals surface area contributed by atoms with Crippen LogP contribution in [-0.4, -0.2) is 221 Å². The summed E-state index contributed by atoms with van der Waals surface area (Å²) in [6.45, 7) is 11.4. The van der Waals surface area contributed by atoms with Crippen LogP contribution in [0.15, 0.2) is 53.2 Å². The molecule has 0 unspecified atom stereocenters. The molecule has 0 radical (unpaired) electrons. The predicted octanol–water partition coefficient (Wildman–Crippen LogP) is 1.81. The first-order valence-electron chi connectivity index (χ1n) is 32.0. The molecule has 0 saturated heterocycles. The molecule has 1 saturated carbocycles. The maximum atomic E-state index is 13.9. The molecule has 28 nitrogen and oxygen atoms in total. The van der Waals surface area contributed by atoms with Crippen molar-refractivity contribution in [2.75, 3.05) is 130 Å². The number of aliphatic hydroxyl groups excluding tert-OH is 1. The first-order chi connectivity index (χ1) is 44.4. The highest BCUT2D eigenvalue weighted by atomic mass is 16.6. The van der Waals surface area contributed by atoms with Gasteiger partial charge in [-0.2, -0.15) is 0 Å². The molecule has 3 aliphatic heterocycles. The van der Waals surface area contributed by atoms with Crippen molar-refractivity contribution in [1.82, 2.24) is 41.0 Å². The van der Waals surface area contributed by atoms with E-state index in [2.05, 4.69) is 36.6 Å². The fourth-order valence-corrected chi connectivity index (χ4v) is 10.6. The minimum absolute atomic E-state index is 0.0442. The SMILES string of the molecule is CCCN(CCO)C(=O)C1=Cc2ccc(C3(C(=O)Nc4cnc5c(c4)CN(C(=O)CCOCCOCCOCCOCCOCCOCCNC(=O)[C@H](CCCNC(N)=O)NC(=O)[C@@H](NC(=O)CCCCCN4C(=O)C=CC4=O)C(C)C)CC5)CC3)cc2N=C(N)C1. The van der Waals surface area contributed by atoms with Crippen molar-refractivity contribution in [3.63, 3.8) is 0 Å². The molecule has 10 N–H and O–H groups in total. The molecule has 0 bridgehead atoms. The number of nitrogens with two attached hydrogens (primary N) is 2. The Morgan fingerprint density at radius 2 is 1.41 bits per heavy atom. The molecule has 2 atom stereocenters. The largest absolute Gasteiger partial charge is 0.395 e. The summed E-state index contributed by atoms with van der Waals surface area (Å²) < 4.78 is 33.6. The quantitative estimate of drug-likeness (QED) is 0.0346. The number of pyridine rings is 1. The van der Waals surface area contributed by atoms with Crippen molar-refractivity contribution in [3.05, 3.63) is 70.6 Å². The fourth-order valence-electron chi connectivity index (χ4n) is 10.6. The van der Waals surface area contributed by atoms with Crippen molar-refractivity contribution in [2.24, 2.45) is 22.4 Å². The number of aliphatic imine (C=N–C) groups is 1. The van der Waals surface area contributed by atoms with Gasteiger partial charge in [0.1, 0.15) is 17.9 Å². The third-order valence-corrected chi connectivity index (χ3v) is 15.7. The van der Waals surface area contributed by atoms with Gasteiger partial charge in [-0.1, -0.05) is 39.3 Å². The van der Waals surface area contributed by atoms with Crippen molar-refractivity contribution < 1.29 is 76.7 Å². The predicted molar refractivity (Wildman–Crippen MR) is 340 cm³/mol. The minimum Gasteiger partial charge on any atom is -0.395 e. The van der Waals surface area contributed by atoms with Gasteiger partial charge in [0.25, 0.3) is 11.8 Å². The number of hydrogen-bond donors (Lipinski definition) is 8. The number of unbranched alkanes of at least 4 members (excludes halogenated alkanes) is 2. The number of hydrogen-bond acceptors (Lipinski definition) is 19. The zero-order valence-electron chi connectivity index (χ0n) is 53.4. The van der Waals surface area contributed by atoms with Gasteiger partial charge in [0.2, 0.25) is 35.4 Å². The molecule has 1 aromatic heterocycles. The summed E-state index contributed by atoms with van der Waals surface area (Å²) in [5, 5.41) is 23.3. The van der Waals surface area contributed by atoms with Gasteiger partial charge in [-0.25, -0.2) is 9.79 Å². The molecule has 4 aliphatic rings. The average molecular weight is 1290 g/mol. The number of nitrogens with zero attached hydrogens (tertiary/aromatic N) is 5. The number of amidine groups is 1. The Morgan fingerprint density at radius 3 is 2.03 bits per heavy atom. The Balaban J connectivity index is 0.755. The van der Waals surface area contributed by atoms with Gasteiger partial charge in [0.15, 0.2) is 0 Å². The highest BCUT2D eigenvalue weighted by Crippen LogP contribution is 2.50. The number of urea groups is 1. The van der Waals surface area contributed by atoms with Gasteiger partial charge in [-0.15, -0.1) is 0 Å². The first-order valence-corrected chi connectivity index (χ1v) is 32.0. The number of carbonyl (C=O) groups excluding carboxylic acids is 9. The van der Waals surface area contributed by atoms with Gasteiger partial charge in [-0.3, -0.25) is 48.2 Å². The maximum absolute atomic E-state index is 13.9. The van der Waals surface area contributed by atoms with Crippen molar-refractivity contribution in [2.45, 2.75) is 122 Å². The topological polar surface area (TPSA) is 376 Å². The number of ether oxygens (including phenoxy) is 6. The zero-order chi connectivity index (χ0) is 66.3. The molecule has 6 rings (SSSR count). The van der Waals surface area contributed by atoms with E-state index in [0.29, 0.717) is 141 Å². The normalized spacial score (nSPS) is 15.4. The van der Waals surface area contributed by atoms with Crippen molar-refractivity contribution in [3.8, 4) is 0 Å². The Bertz CT molecular complexity index is 2890. The molecule has 10 amide bonds. The number of primary amides is 1. The molecular formula is C64H94N12O16. The highest BCUT2D eigenvalue weighted by molar-refractivity contribution is 6.13.